The van der Waals surface area contributed by atoms with Gasteiger partial charge in [-0.3, -0.25) is 10.1 Å². The fraction of sp³-hybridized carbons (Fsp3) is 0.100. The molecule has 0 aliphatic heterocycles. The van der Waals surface area contributed by atoms with E-state index in [1.54, 1.807) is 17.6 Å². The van der Waals surface area contributed by atoms with Crippen LogP contribution in [-0.4, -0.2) is 21.1 Å². The summed E-state index contributed by atoms with van der Waals surface area (Å²) in [6.07, 6.45) is 0. The van der Waals surface area contributed by atoms with Crippen LogP contribution in [-0.2, 0) is 0 Å². The van der Waals surface area contributed by atoms with Gasteiger partial charge >= 0.3 is 0 Å². The zero-order valence-electron chi connectivity index (χ0n) is 14.7. The normalized spacial score (nSPS) is 10.9. The lowest BCUT2D eigenvalue weighted by Crippen LogP contribution is -2.15. The summed E-state index contributed by atoms with van der Waals surface area (Å²) in [5.74, 6) is -0.257. The van der Waals surface area contributed by atoms with Crippen molar-refractivity contribution < 1.29 is 4.79 Å². The molecule has 0 atom stereocenters. The van der Waals surface area contributed by atoms with Gasteiger partial charge in [-0.05, 0) is 37.6 Å². The molecule has 0 radical (unpaired) electrons. The zero-order valence-corrected chi connectivity index (χ0v) is 16.2. The van der Waals surface area contributed by atoms with Crippen LogP contribution in [0, 0.1) is 13.8 Å². The minimum absolute atomic E-state index is 0.257. The number of fused-ring (bicyclic) bond motifs is 1. The van der Waals surface area contributed by atoms with Gasteiger partial charge in [-0.2, -0.15) is 0 Å². The van der Waals surface area contributed by atoms with E-state index < -0.39 is 0 Å². The van der Waals surface area contributed by atoms with Gasteiger partial charge in [0.15, 0.2) is 0 Å². The van der Waals surface area contributed by atoms with E-state index in [1.165, 1.54) is 16.9 Å². The molecule has 134 valence electrons. The molecule has 1 N–H and O–H groups in total. The molecule has 4 aromatic rings. The minimum Gasteiger partial charge on any atom is -0.296 e. The Morgan fingerprint density at radius 2 is 1.89 bits per heavy atom. The van der Waals surface area contributed by atoms with Gasteiger partial charge < -0.3 is 0 Å². The molecule has 2 heterocycles. The number of hydrogen-bond donors (Lipinski definition) is 1. The Bertz CT molecular complexity index is 1140. The standard InChI is InChI=1S/C20H15ClN4OS/c1-11-3-5-13(6-4-11)18-12(2)17(19(26)24-20-25-22-10-27-20)15-9-14(21)7-8-16(15)23-18/h3-10H,1-2H3,(H,24,25,26). The number of rotatable bonds is 3. The Balaban J connectivity index is 1.93. The SMILES string of the molecule is Cc1ccc(-c2nc3ccc(Cl)cc3c(C(=O)Nc3nncs3)c2C)cc1. The second-order valence-electron chi connectivity index (χ2n) is 6.19. The molecule has 0 spiro atoms. The monoisotopic (exact) mass is 394 g/mol. The van der Waals surface area contributed by atoms with Crippen molar-refractivity contribution in [3.63, 3.8) is 0 Å². The highest BCUT2D eigenvalue weighted by Crippen LogP contribution is 2.32. The lowest BCUT2D eigenvalue weighted by molar-refractivity contribution is 0.102. The van der Waals surface area contributed by atoms with Crippen LogP contribution in [0.5, 0.6) is 0 Å². The van der Waals surface area contributed by atoms with E-state index in [-0.39, 0.29) is 5.91 Å². The number of pyridine rings is 1. The molecule has 27 heavy (non-hydrogen) atoms. The van der Waals surface area contributed by atoms with Gasteiger partial charge in [-0.15, -0.1) is 10.2 Å². The number of halogens is 1. The van der Waals surface area contributed by atoms with Crippen molar-refractivity contribution in [2.24, 2.45) is 0 Å². The predicted molar refractivity (Wildman–Crippen MR) is 110 cm³/mol. The van der Waals surface area contributed by atoms with Crippen LogP contribution in [0.25, 0.3) is 22.2 Å². The van der Waals surface area contributed by atoms with Crippen LogP contribution in [0.15, 0.2) is 48.0 Å². The van der Waals surface area contributed by atoms with Crippen LogP contribution >= 0.6 is 22.9 Å². The largest absolute Gasteiger partial charge is 0.296 e. The van der Waals surface area contributed by atoms with Crippen LogP contribution in [0.2, 0.25) is 5.02 Å². The molecule has 2 aromatic heterocycles. The number of amides is 1. The Morgan fingerprint density at radius 3 is 2.59 bits per heavy atom. The molecule has 0 fully saturated rings. The van der Waals surface area contributed by atoms with E-state index in [2.05, 4.69) is 15.5 Å². The van der Waals surface area contributed by atoms with Gasteiger partial charge in [0.25, 0.3) is 5.91 Å². The summed E-state index contributed by atoms with van der Waals surface area (Å²) in [4.78, 5) is 17.8. The number of hydrogen-bond acceptors (Lipinski definition) is 5. The number of nitrogens with zero attached hydrogens (tertiary/aromatic N) is 3. The maximum Gasteiger partial charge on any atom is 0.258 e. The fourth-order valence-corrected chi connectivity index (χ4v) is 3.62. The van der Waals surface area contributed by atoms with Gasteiger partial charge in [0.1, 0.15) is 5.51 Å². The maximum atomic E-state index is 13.1. The highest BCUT2D eigenvalue weighted by atomic mass is 35.5. The summed E-state index contributed by atoms with van der Waals surface area (Å²) in [5, 5.41) is 12.2. The summed E-state index contributed by atoms with van der Waals surface area (Å²) in [6, 6.07) is 13.5. The topological polar surface area (TPSA) is 67.8 Å². The van der Waals surface area contributed by atoms with E-state index in [9.17, 15) is 4.79 Å². The van der Waals surface area contributed by atoms with E-state index in [1.807, 2.05) is 44.2 Å². The van der Waals surface area contributed by atoms with Crippen molar-refractivity contribution in [1.29, 1.82) is 0 Å². The number of benzene rings is 2. The van der Waals surface area contributed by atoms with E-state index in [0.717, 1.165) is 16.8 Å². The minimum atomic E-state index is -0.257. The van der Waals surface area contributed by atoms with Crippen LogP contribution in [0.3, 0.4) is 0 Å². The van der Waals surface area contributed by atoms with Gasteiger partial charge in [-0.25, -0.2) is 4.98 Å². The molecule has 0 aliphatic rings. The molecule has 2 aromatic carbocycles. The first-order valence-electron chi connectivity index (χ1n) is 8.27. The van der Waals surface area contributed by atoms with E-state index in [0.29, 0.717) is 26.6 Å². The van der Waals surface area contributed by atoms with Crippen molar-refractivity contribution in [2.45, 2.75) is 13.8 Å². The average Bonchev–Trinajstić information content (AvgIpc) is 3.15. The molecule has 4 rings (SSSR count). The number of carbonyl (C=O) groups is 1. The molecule has 7 heteroatoms. The smallest absolute Gasteiger partial charge is 0.258 e. The third kappa shape index (κ3) is 3.41. The molecule has 1 amide bonds. The summed E-state index contributed by atoms with van der Waals surface area (Å²) in [7, 11) is 0. The van der Waals surface area contributed by atoms with E-state index in [4.69, 9.17) is 16.6 Å². The molecule has 0 unspecified atom stereocenters. The molecule has 0 aliphatic carbocycles. The lowest BCUT2D eigenvalue weighted by Gasteiger charge is -2.14. The van der Waals surface area contributed by atoms with Gasteiger partial charge in [0, 0.05) is 16.0 Å². The lowest BCUT2D eigenvalue weighted by atomic mass is 9.97. The Labute approximate surface area is 165 Å². The second kappa shape index (κ2) is 7.06. The summed E-state index contributed by atoms with van der Waals surface area (Å²) < 4.78 is 0. The molecule has 0 saturated carbocycles. The first-order chi connectivity index (χ1) is 13.0. The molecule has 0 bridgehead atoms. The number of aryl methyl sites for hydroxylation is 1. The quantitative estimate of drug-likeness (QED) is 0.513. The number of carbonyl (C=O) groups excluding carboxylic acids is 1. The highest BCUT2D eigenvalue weighted by Gasteiger charge is 2.20. The number of aromatic nitrogens is 3. The van der Waals surface area contributed by atoms with Gasteiger partial charge in [0.05, 0.1) is 16.8 Å². The van der Waals surface area contributed by atoms with E-state index >= 15 is 0 Å². The molecule has 5 nitrogen and oxygen atoms in total. The first-order valence-corrected chi connectivity index (χ1v) is 9.53. The van der Waals surface area contributed by atoms with Crippen LogP contribution in [0.1, 0.15) is 21.5 Å². The zero-order chi connectivity index (χ0) is 19.0. The Hall–Kier alpha value is -2.83. The molecular weight excluding hydrogens is 380 g/mol. The summed E-state index contributed by atoms with van der Waals surface area (Å²) in [6.45, 7) is 3.94. The van der Waals surface area contributed by atoms with Crippen molar-refractivity contribution >= 4 is 44.9 Å². The first kappa shape index (κ1) is 17.6. The maximum absolute atomic E-state index is 13.1. The third-order valence-electron chi connectivity index (χ3n) is 4.32. The highest BCUT2D eigenvalue weighted by molar-refractivity contribution is 7.13. The summed E-state index contributed by atoms with van der Waals surface area (Å²) >= 11 is 7.45. The van der Waals surface area contributed by atoms with Gasteiger partial charge in [0.2, 0.25) is 5.13 Å². The van der Waals surface area contributed by atoms with Crippen molar-refractivity contribution in [3.8, 4) is 11.3 Å². The second-order valence-corrected chi connectivity index (χ2v) is 7.46. The number of nitrogens with one attached hydrogen (secondary N) is 1. The third-order valence-corrected chi connectivity index (χ3v) is 5.16. The van der Waals surface area contributed by atoms with Crippen molar-refractivity contribution in [2.75, 3.05) is 5.32 Å². The molecule has 0 saturated heterocycles. The predicted octanol–water partition coefficient (Wildman–Crippen LogP) is 5.28. The van der Waals surface area contributed by atoms with Crippen LogP contribution in [0.4, 0.5) is 5.13 Å². The van der Waals surface area contributed by atoms with Crippen LogP contribution < -0.4 is 5.32 Å². The summed E-state index contributed by atoms with van der Waals surface area (Å²) in [5.41, 5.74) is 6.50. The molecular formula is C20H15ClN4OS. The Kier molecular flexibility index (Phi) is 4.59. The van der Waals surface area contributed by atoms with Gasteiger partial charge in [-0.1, -0.05) is 52.8 Å². The Morgan fingerprint density at radius 1 is 1.11 bits per heavy atom. The van der Waals surface area contributed by atoms with Crippen molar-refractivity contribution in [3.05, 3.63) is 69.7 Å². The van der Waals surface area contributed by atoms with Crippen molar-refractivity contribution in [1.82, 2.24) is 15.2 Å². The number of anilines is 1. The fourth-order valence-electron chi connectivity index (χ4n) is 3.00. The average molecular weight is 395 g/mol.